The molecule has 4 aromatic rings. The predicted octanol–water partition coefficient (Wildman–Crippen LogP) is 6.31. The third-order valence-corrected chi connectivity index (χ3v) is 5.86. The van der Waals surface area contributed by atoms with Crippen LogP contribution in [0.5, 0.6) is 0 Å². The van der Waals surface area contributed by atoms with E-state index in [2.05, 4.69) is 58.5 Å². The van der Waals surface area contributed by atoms with Gasteiger partial charge in [0.25, 0.3) is 0 Å². The first-order valence-electron chi connectivity index (χ1n) is 11.4. The van der Waals surface area contributed by atoms with Crippen molar-refractivity contribution in [3.05, 3.63) is 114 Å². The Morgan fingerprint density at radius 1 is 1.14 bits per heavy atom. The molecule has 4 rings (SSSR count). The first-order chi connectivity index (χ1) is 17.0. The number of allylic oxidation sites excluding steroid dienone is 6. The van der Waals surface area contributed by atoms with Crippen LogP contribution in [0.25, 0.3) is 33.6 Å². The van der Waals surface area contributed by atoms with Crippen molar-refractivity contribution in [3.8, 4) is 11.4 Å². The molecule has 0 aromatic carbocycles. The van der Waals surface area contributed by atoms with E-state index in [1.165, 1.54) is 0 Å². The summed E-state index contributed by atoms with van der Waals surface area (Å²) in [5.74, 6) is 0. The van der Waals surface area contributed by atoms with E-state index in [9.17, 15) is 0 Å². The van der Waals surface area contributed by atoms with Gasteiger partial charge in [-0.3, -0.25) is 10.1 Å². The Bertz CT molecular complexity index is 1460. The second kappa shape index (κ2) is 10.2. The van der Waals surface area contributed by atoms with Crippen molar-refractivity contribution in [1.29, 1.82) is 0 Å². The summed E-state index contributed by atoms with van der Waals surface area (Å²) in [6.45, 7) is 11.9. The molecule has 6 heteroatoms. The van der Waals surface area contributed by atoms with Gasteiger partial charge in [0, 0.05) is 49.0 Å². The van der Waals surface area contributed by atoms with E-state index in [0.717, 1.165) is 61.8 Å². The number of pyridine rings is 2. The quantitative estimate of drug-likeness (QED) is 0.301. The molecule has 4 heterocycles. The second-order valence-electron chi connectivity index (χ2n) is 8.36. The summed E-state index contributed by atoms with van der Waals surface area (Å²) in [6.07, 6.45) is 13.4. The number of hydrogen-bond acceptors (Lipinski definition) is 4. The number of H-pyrrole nitrogens is 2. The molecule has 0 aliphatic carbocycles. The number of aryl methyl sites for hydroxylation is 1. The van der Waals surface area contributed by atoms with E-state index in [-0.39, 0.29) is 0 Å². The Morgan fingerprint density at radius 3 is 2.63 bits per heavy atom. The van der Waals surface area contributed by atoms with E-state index < -0.39 is 0 Å². The summed E-state index contributed by atoms with van der Waals surface area (Å²) < 4.78 is 0. The van der Waals surface area contributed by atoms with E-state index >= 15 is 0 Å². The summed E-state index contributed by atoms with van der Waals surface area (Å²) in [7, 11) is 3.99. The van der Waals surface area contributed by atoms with Crippen molar-refractivity contribution in [2.75, 3.05) is 14.1 Å². The molecule has 4 aromatic heterocycles. The van der Waals surface area contributed by atoms with Gasteiger partial charge >= 0.3 is 0 Å². The lowest BCUT2D eigenvalue weighted by molar-refractivity contribution is 0.530. The third-order valence-electron chi connectivity index (χ3n) is 5.86. The zero-order valence-electron chi connectivity index (χ0n) is 20.6. The Morgan fingerprint density at radius 2 is 1.97 bits per heavy atom. The van der Waals surface area contributed by atoms with Gasteiger partial charge in [0.15, 0.2) is 0 Å². The minimum Gasteiger partial charge on any atom is -0.378 e. The van der Waals surface area contributed by atoms with Gasteiger partial charge in [0.1, 0.15) is 11.2 Å². The van der Waals surface area contributed by atoms with Crippen LogP contribution in [0.2, 0.25) is 0 Å². The molecule has 0 fully saturated rings. The number of hydrogen-bond donors (Lipinski definition) is 2. The van der Waals surface area contributed by atoms with Crippen molar-refractivity contribution in [2.24, 2.45) is 0 Å². The molecule has 0 amide bonds. The van der Waals surface area contributed by atoms with E-state index in [1.54, 1.807) is 12.3 Å². The van der Waals surface area contributed by atoms with Crippen molar-refractivity contribution >= 4 is 22.2 Å². The van der Waals surface area contributed by atoms with Gasteiger partial charge in [0.2, 0.25) is 0 Å². The van der Waals surface area contributed by atoms with Crippen LogP contribution in [0.4, 0.5) is 0 Å². The van der Waals surface area contributed by atoms with Gasteiger partial charge in [0.05, 0.1) is 16.9 Å². The van der Waals surface area contributed by atoms with Crippen LogP contribution in [0.15, 0.2) is 92.0 Å². The number of aromatic amines is 2. The molecule has 0 bridgehead atoms. The molecule has 0 aliphatic rings. The molecule has 0 saturated carbocycles. The molecule has 0 radical (unpaired) electrons. The molecule has 0 saturated heterocycles. The van der Waals surface area contributed by atoms with E-state index in [4.69, 9.17) is 4.98 Å². The van der Waals surface area contributed by atoms with E-state index in [1.807, 2.05) is 68.5 Å². The summed E-state index contributed by atoms with van der Waals surface area (Å²) in [5.41, 5.74) is 10.4. The highest BCUT2D eigenvalue weighted by molar-refractivity contribution is 5.92. The molecule has 0 aliphatic heterocycles. The van der Waals surface area contributed by atoms with Crippen molar-refractivity contribution in [3.63, 3.8) is 0 Å². The van der Waals surface area contributed by atoms with Gasteiger partial charge in [-0.1, -0.05) is 37.5 Å². The third kappa shape index (κ3) is 4.77. The van der Waals surface area contributed by atoms with Crippen LogP contribution >= 0.6 is 0 Å². The number of fused-ring (bicyclic) bond motifs is 1. The number of rotatable bonds is 8. The van der Waals surface area contributed by atoms with Crippen LogP contribution in [-0.4, -0.2) is 44.1 Å². The Kier molecular flexibility index (Phi) is 6.92. The number of likely N-dealkylation sites (N-methyl/N-ethyl adjacent to an activating group) is 1. The summed E-state index contributed by atoms with van der Waals surface area (Å²) >= 11 is 0. The fourth-order valence-electron chi connectivity index (χ4n) is 4.03. The molecule has 0 spiro atoms. The molecule has 176 valence electrons. The SMILES string of the molecule is C=C/C=C(/c1cccnc1)c1cc(-c2n[nH]c3ccc(C(=C/C)/C=C(\C=C)N(C)C)nc23)[nH]c1C. The predicted molar refractivity (Wildman–Crippen MR) is 146 cm³/mol. The zero-order valence-corrected chi connectivity index (χ0v) is 20.6. The van der Waals surface area contributed by atoms with Crippen molar-refractivity contribution in [2.45, 2.75) is 13.8 Å². The van der Waals surface area contributed by atoms with Crippen LogP contribution in [-0.2, 0) is 0 Å². The molecule has 2 N–H and O–H groups in total. The smallest absolute Gasteiger partial charge is 0.135 e. The minimum absolute atomic E-state index is 0.774. The lowest BCUT2D eigenvalue weighted by atomic mass is 9.99. The fraction of sp³-hybridized carbons (Fsp3) is 0.138. The van der Waals surface area contributed by atoms with Gasteiger partial charge in [-0.15, -0.1) is 0 Å². The molecular formula is C29H30N6. The highest BCUT2D eigenvalue weighted by Gasteiger charge is 2.17. The molecular weight excluding hydrogens is 432 g/mol. The maximum absolute atomic E-state index is 4.99. The summed E-state index contributed by atoms with van der Waals surface area (Å²) in [5, 5.41) is 7.72. The van der Waals surface area contributed by atoms with Crippen LogP contribution < -0.4 is 0 Å². The van der Waals surface area contributed by atoms with Crippen LogP contribution in [0, 0.1) is 6.92 Å². The maximum Gasteiger partial charge on any atom is 0.135 e. The number of aromatic nitrogens is 5. The largest absolute Gasteiger partial charge is 0.378 e. The zero-order chi connectivity index (χ0) is 24.9. The number of nitrogens with zero attached hydrogens (tertiary/aromatic N) is 4. The van der Waals surface area contributed by atoms with Gasteiger partial charge in [-0.25, -0.2) is 4.98 Å². The van der Waals surface area contributed by atoms with Crippen LogP contribution in [0.3, 0.4) is 0 Å². The topological polar surface area (TPSA) is 73.5 Å². The second-order valence-corrected chi connectivity index (χ2v) is 8.36. The molecule has 35 heavy (non-hydrogen) atoms. The molecule has 6 nitrogen and oxygen atoms in total. The van der Waals surface area contributed by atoms with Gasteiger partial charge < -0.3 is 9.88 Å². The Balaban J connectivity index is 1.80. The first-order valence-corrected chi connectivity index (χ1v) is 11.4. The first kappa shape index (κ1) is 23.7. The highest BCUT2D eigenvalue weighted by atomic mass is 15.1. The average molecular weight is 463 g/mol. The average Bonchev–Trinajstić information content (AvgIpc) is 3.46. The fourth-order valence-corrected chi connectivity index (χ4v) is 4.03. The minimum atomic E-state index is 0.774. The van der Waals surface area contributed by atoms with Gasteiger partial charge in [-0.05, 0) is 61.4 Å². The lowest BCUT2D eigenvalue weighted by Gasteiger charge is -2.14. The van der Waals surface area contributed by atoms with Crippen molar-refractivity contribution in [1.82, 2.24) is 30.0 Å². The molecule has 0 unspecified atom stereocenters. The Labute approximate surface area is 206 Å². The molecule has 0 atom stereocenters. The normalized spacial score (nSPS) is 12.7. The van der Waals surface area contributed by atoms with Crippen molar-refractivity contribution < 1.29 is 0 Å². The summed E-state index contributed by atoms with van der Waals surface area (Å²) in [6, 6.07) is 10.1. The lowest BCUT2D eigenvalue weighted by Crippen LogP contribution is -2.09. The monoisotopic (exact) mass is 462 g/mol. The van der Waals surface area contributed by atoms with Gasteiger partial charge in [-0.2, -0.15) is 5.10 Å². The summed E-state index contributed by atoms with van der Waals surface area (Å²) in [4.78, 5) is 14.8. The van der Waals surface area contributed by atoms with E-state index in [0.29, 0.717) is 0 Å². The Hall–Kier alpha value is -4.45. The number of nitrogens with one attached hydrogen (secondary N) is 2. The highest BCUT2D eigenvalue weighted by Crippen LogP contribution is 2.32. The standard InChI is InChI=1S/C29H30N6/c1-7-11-23(21-12-10-15-30-18-21)24-17-27(31-19(24)4)29-28-26(33-34-29)14-13-25(32-28)20(8-2)16-22(9-3)35(5)6/h7-18,31H,1,3H2,2,4-6H3,(H,33,34)/b20-8+,22-16+,23-11-. The van der Waals surface area contributed by atoms with Crippen LogP contribution in [0.1, 0.15) is 29.4 Å². The maximum atomic E-state index is 4.99.